The van der Waals surface area contributed by atoms with E-state index in [0.717, 1.165) is 5.92 Å². The van der Waals surface area contributed by atoms with E-state index in [2.05, 4.69) is 57.4 Å². The van der Waals surface area contributed by atoms with Crippen LogP contribution in [0.1, 0.15) is 46.5 Å². The number of rotatable bonds is 0. The second kappa shape index (κ2) is 10.5. The molecule has 0 nitrogen and oxygen atoms in total. The summed E-state index contributed by atoms with van der Waals surface area (Å²) >= 11 is 0. The van der Waals surface area contributed by atoms with E-state index in [-0.39, 0.29) is 19.5 Å². The summed E-state index contributed by atoms with van der Waals surface area (Å²) in [6, 6.07) is 0. The molecule has 6 radical (unpaired) electrons. The van der Waals surface area contributed by atoms with Crippen molar-refractivity contribution in [2.24, 2.45) is 0 Å². The summed E-state index contributed by atoms with van der Waals surface area (Å²) in [5.41, 5.74) is 0. The third-order valence-corrected chi connectivity index (χ3v) is 3.27. The van der Waals surface area contributed by atoms with Gasteiger partial charge in [0.05, 0.1) is 5.92 Å². The summed E-state index contributed by atoms with van der Waals surface area (Å²) in [5, 5.41) is 0. The Bertz CT molecular complexity index is 295. The van der Waals surface area contributed by atoms with Crippen LogP contribution in [-0.2, 0) is 19.5 Å². The predicted molar refractivity (Wildman–Crippen MR) is 79.9 cm³/mol. The molecule has 0 amide bonds. The molecule has 1 saturated carbocycles. The average molecular weight is 342 g/mol. The number of hydrogen-bond acceptors (Lipinski definition) is 0. The van der Waals surface area contributed by atoms with Gasteiger partial charge >= 0.3 is 0 Å². The van der Waals surface area contributed by atoms with Gasteiger partial charge in [-0.1, -0.05) is 51.0 Å². The second-order valence-electron chi connectivity index (χ2n) is 4.75. The fourth-order valence-corrected chi connectivity index (χ4v) is 2.08. The van der Waals surface area contributed by atoms with Crippen molar-refractivity contribution in [3.8, 4) is 12.3 Å². The van der Waals surface area contributed by atoms with Gasteiger partial charge in [-0.05, 0) is 49.9 Å². The van der Waals surface area contributed by atoms with Crippen LogP contribution in [0, 0.1) is 42.4 Å². The molecule has 1 fully saturated rings. The molecule has 0 heterocycles. The Hall–Kier alpha value is -0.337. The van der Waals surface area contributed by atoms with Crippen molar-refractivity contribution in [1.29, 1.82) is 0 Å². The third-order valence-electron chi connectivity index (χ3n) is 3.27. The number of hydrogen-bond donors (Lipinski definition) is 0. The zero-order valence-electron chi connectivity index (χ0n) is 12.1. The predicted octanol–water partition coefficient (Wildman–Crippen LogP) is 4.87. The van der Waals surface area contributed by atoms with Gasteiger partial charge in [0.1, 0.15) is 0 Å². The molecule has 0 unspecified atom stereocenters. The molecule has 0 atom stereocenters. The minimum absolute atomic E-state index is 0. The zero-order valence-corrected chi connectivity index (χ0v) is 13.8. The third kappa shape index (κ3) is 6.58. The zero-order chi connectivity index (χ0) is 13.4. The first kappa shape index (κ1) is 18.7. The standard InChI is InChI=1S/C10H11.C8H12.Rh/c1-5-10-8(3)6-7(2)9(10)4;1-2-4-6-8-7-5-3-1;/h1,6H,2-4H3;1-2,7-8H,3-6H2;/b;2-1-,8-7-;. The quantitative estimate of drug-likeness (QED) is 0.335. The maximum Gasteiger partial charge on any atom is 0.0615 e. The molecule has 0 aromatic heterocycles. The first-order valence-electron chi connectivity index (χ1n) is 6.67. The monoisotopic (exact) mass is 342 g/mol. The summed E-state index contributed by atoms with van der Waals surface area (Å²) in [7, 11) is 0. The molecule has 0 spiro atoms. The summed E-state index contributed by atoms with van der Waals surface area (Å²) in [6.07, 6.45) is 21.4. The van der Waals surface area contributed by atoms with Crippen LogP contribution in [0.2, 0.25) is 0 Å². The molecule has 0 saturated heterocycles. The number of allylic oxidation sites excluding steroid dienone is 4. The molecule has 0 N–H and O–H groups in total. The van der Waals surface area contributed by atoms with Crippen LogP contribution in [0.4, 0.5) is 0 Å². The molecule has 0 bridgehead atoms. The van der Waals surface area contributed by atoms with Gasteiger partial charge in [0, 0.05) is 19.5 Å². The molecular formula is C18H23Rh. The van der Waals surface area contributed by atoms with Crippen LogP contribution >= 0.6 is 0 Å². The van der Waals surface area contributed by atoms with Gasteiger partial charge in [-0.3, -0.25) is 0 Å². The van der Waals surface area contributed by atoms with E-state index in [0.29, 0.717) is 0 Å². The first-order chi connectivity index (χ1) is 8.66. The van der Waals surface area contributed by atoms with Crippen molar-refractivity contribution in [3.63, 3.8) is 0 Å². The minimum atomic E-state index is 0. The first-order valence-corrected chi connectivity index (χ1v) is 6.67. The Kier molecular flexibility index (Phi) is 10.3. The minimum Gasteiger partial charge on any atom is -0.119 e. The maximum atomic E-state index is 5.31. The van der Waals surface area contributed by atoms with Gasteiger partial charge in [-0.2, -0.15) is 0 Å². The van der Waals surface area contributed by atoms with E-state index in [9.17, 15) is 0 Å². The summed E-state index contributed by atoms with van der Waals surface area (Å²) in [4.78, 5) is 0. The Morgan fingerprint density at radius 2 is 1.26 bits per heavy atom. The molecule has 19 heavy (non-hydrogen) atoms. The van der Waals surface area contributed by atoms with E-state index < -0.39 is 0 Å². The van der Waals surface area contributed by atoms with Gasteiger partial charge in [0.25, 0.3) is 0 Å². The van der Waals surface area contributed by atoms with Crippen LogP contribution < -0.4 is 0 Å². The fraction of sp³-hybridized carbons (Fsp3) is 0.389. The van der Waals surface area contributed by atoms with E-state index in [1.54, 1.807) is 0 Å². The van der Waals surface area contributed by atoms with Gasteiger partial charge in [0.2, 0.25) is 0 Å². The van der Waals surface area contributed by atoms with Crippen molar-refractivity contribution in [2.75, 3.05) is 0 Å². The van der Waals surface area contributed by atoms with E-state index in [4.69, 9.17) is 6.42 Å². The summed E-state index contributed by atoms with van der Waals surface area (Å²) in [5.74, 6) is 7.52. The Morgan fingerprint density at radius 3 is 1.47 bits per heavy atom. The van der Waals surface area contributed by atoms with E-state index >= 15 is 0 Å². The van der Waals surface area contributed by atoms with Crippen molar-refractivity contribution < 1.29 is 19.5 Å². The second-order valence-corrected chi connectivity index (χ2v) is 4.75. The fourth-order valence-electron chi connectivity index (χ4n) is 2.08. The topological polar surface area (TPSA) is 0 Å². The SMILES string of the molecule is C#C[C]1[C](C)[CH][C](C)[C]1C.C1=C\CC/C=C\CC/1.[Rh]. The van der Waals surface area contributed by atoms with Crippen LogP contribution in [0.25, 0.3) is 0 Å². The smallest absolute Gasteiger partial charge is 0.0615 e. The van der Waals surface area contributed by atoms with Crippen molar-refractivity contribution in [3.05, 3.63) is 54.4 Å². The van der Waals surface area contributed by atoms with Crippen LogP contribution in [0.5, 0.6) is 0 Å². The molecule has 2 rings (SSSR count). The molecule has 0 aromatic rings. The Balaban J connectivity index is 0.000000331. The van der Waals surface area contributed by atoms with Crippen molar-refractivity contribution in [1.82, 2.24) is 0 Å². The van der Waals surface area contributed by atoms with Gasteiger partial charge in [-0.25, -0.2) is 0 Å². The normalized spacial score (nSPS) is 25.2. The van der Waals surface area contributed by atoms with E-state index in [1.165, 1.54) is 43.4 Å². The average Bonchev–Trinajstić information content (AvgIpc) is 2.52. The Morgan fingerprint density at radius 1 is 0.842 bits per heavy atom. The molecular weight excluding hydrogens is 319 g/mol. The number of terminal acetylenes is 1. The molecule has 0 aliphatic heterocycles. The summed E-state index contributed by atoms with van der Waals surface area (Å²) < 4.78 is 0. The van der Waals surface area contributed by atoms with Crippen molar-refractivity contribution >= 4 is 0 Å². The van der Waals surface area contributed by atoms with Gasteiger partial charge in [-0.15, -0.1) is 6.42 Å². The Labute approximate surface area is 132 Å². The molecule has 2 aliphatic carbocycles. The van der Waals surface area contributed by atoms with Gasteiger partial charge in [0.15, 0.2) is 0 Å². The van der Waals surface area contributed by atoms with Crippen LogP contribution in [0.3, 0.4) is 0 Å². The summed E-state index contributed by atoms with van der Waals surface area (Å²) in [6.45, 7) is 6.20. The van der Waals surface area contributed by atoms with Crippen LogP contribution in [0.15, 0.2) is 24.3 Å². The van der Waals surface area contributed by atoms with Gasteiger partial charge < -0.3 is 0 Å². The van der Waals surface area contributed by atoms with E-state index in [1.807, 2.05) is 0 Å². The largest absolute Gasteiger partial charge is 0.119 e. The molecule has 1 heteroatoms. The van der Waals surface area contributed by atoms with Crippen molar-refractivity contribution in [2.45, 2.75) is 46.5 Å². The molecule has 104 valence electrons. The van der Waals surface area contributed by atoms with Crippen LogP contribution in [-0.4, -0.2) is 0 Å². The molecule has 2 aliphatic rings. The molecule has 0 aromatic carbocycles. The maximum absolute atomic E-state index is 5.31.